The number of benzene rings is 1. The number of nitrogens with zero attached hydrogens (tertiary/aromatic N) is 2. The molecule has 7 nitrogen and oxygen atoms in total. The summed E-state index contributed by atoms with van der Waals surface area (Å²) in [5.41, 5.74) is 1.99. The molecule has 0 spiro atoms. The summed E-state index contributed by atoms with van der Waals surface area (Å²) in [6.07, 6.45) is 2.92. The number of carbonyl (C=O) groups is 2. The monoisotopic (exact) mass is 364 g/mol. The Labute approximate surface area is 151 Å². The molecule has 128 valence electrons. The third-order valence-electron chi connectivity index (χ3n) is 3.73. The highest BCUT2D eigenvalue weighted by Crippen LogP contribution is 2.28. The zero-order valence-corrected chi connectivity index (χ0v) is 14.1. The fraction of sp³-hybridized carbons (Fsp3) is 0. The lowest BCUT2D eigenvalue weighted by Gasteiger charge is -2.02. The quantitative estimate of drug-likeness (QED) is 0.512. The van der Waals surface area contributed by atoms with E-state index in [1.54, 1.807) is 18.3 Å². The van der Waals surface area contributed by atoms with Gasteiger partial charge in [-0.05, 0) is 24.3 Å². The molecule has 0 aliphatic heterocycles. The number of aromatic nitrogens is 3. The van der Waals surface area contributed by atoms with E-state index in [0.29, 0.717) is 27.4 Å². The van der Waals surface area contributed by atoms with Gasteiger partial charge < -0.3 is 15.4 Å². The Hall–Kier alpha value is -3.52. The Morgan fingerprint density at radius 2 is 1.92 bits per heavy atom. The van der Waals surface area contributed by atoms with Gasteiger partial charge in [0, 0.05) is 11.9 Å². The van der Waals surface area contributed by atoms with Gasteiger partial charge in [-0.1, -0.05) is 18.2 Å². The number of nitrogens with one attached hydrogen (secondary N) is 2. The van der Waals surface area contributed by atoms with E-state index in [0.717, 1.165) is 4.88 Å². The van der Waals surface area contributed by atoms with Gasteiger partial charge in [-0.15, -0.1) is 11.3 Å². The summed E-state index contributed by atoms with van der Waals surface area (Å²) in [6.45, 7) is 0. The second-order valence-electron chi connectivity index (χ2n) is 5.44. The number of carboxylic acid groups (broad SMARTS) is 1. The van der Waals surface area contributed by atoms with Gasteiger partial charge in [0.15, 0.2) is 5.65 Å². The highest BCUT2D eigenvalue weighted by molar-refractivity contribution is 7.17. The molecule has 4 aromatic rings. The van der Waals surface area contributed by atoms with E-state index in [1.807, 2.05) is 30.3 Å². The molecule has 0 saturated heterocycles. The van der Waals surface area contributed by atoms with E-state index < -0.39 is 5.97 Å². The standard InChI is InChI=1S/C18H12N4O3S/c23-17(21-10-4-2-1-3-5-10)14-7-6-13(26-14)12-9-20-16-15(22-12)11(8-19-16)18(24)25/h1-9H,(H,19,20)(H,21,23)(H,24,25). The van der Waals surface area contributed by atoms with Gasteiger partial charge in [0.1, 0.15) is 11.1 Å². The van der Waals surface area contributed by atoms with Gasteiger partial charge >= 0.3 is 5.97 Å². The summed E-state index contributed by atoms with van der Waals surface area (Å²) in [5, 5.41) is 12.0. The Bertz CT molecular complexity index is 1120. The van der Waals surface area contributed by atoms with Crippen molar-refractivity contribution in [2.75, 3.05) is 5.32 Å². The molecule has 3 N–H and O–H groups in total. The smallest absolute Gasteiger partial charge is 0.339 e. The Balaban J connectivity index is 1.63. The van der Waals surface area contributed by atoms with Crippen LogP contribution in [0.25, 0.3) is 21.7 Å². The second kappa shape index (κ2) is 6.41. The summed E-state index contributed by atoms with van der Waals surface area (Å²) < 4.78 is 0. The topological polar surface area (TPSA) is 108 Å². The maximum atomic E-state index is 12.4. The molecule has 0 fully saturated rings. The van der Waals surface area contributed by atoms with Crippen LogP contribution < -0.4 is 5.32 Å². The average molecular weight is 364 g/mol. The summed E-state index contributed by atoms with van der Waals surface area (Å²) in [5.74, 6) is -1.29. The van der Waals surface area contributed by atoms with E-state index in [2.05, 4.69) is 20.3 Å². The summed E-state index contributed by atoms with van der Waals surface area (Å²) in [7, 11) is 0. The fourth-order valence-electron chi connectivity index (χ4n) is 2.48. The average Bonchev–Trinajstić information content (AvgIpc) is 3.29. The molecule has 1 amide bonds. The van der Waals surface area contributed by atoms with Crippen LogP contribution in [0.2, 0.25) is 0 Å². The largest absolute Gasteiger partial charge is 0.478 e. The third-order valence-corrected chi connectivity index (χ3v) is 4.83. The van der Waals surface area contributed by atoms with Crippen LogP contribution in [0.3, 0.4) is 0 Å². The number of carbonyl (C=O) groups excluding carboxylic acids is 1. The lowest BCUT2D eigenvalue weighted by molar-refractivity contribution is 0.0698. The van der Waals surface area contributed by atoms with Gasteiger partial charge in [0.2, 0.25) is 0 Å². The second-order valence-corrected chi connectivity index (χ2v) is 6.53. The van der Waals surface area contributed by atoms with Gasteiger partial charge in [-0.2, -0.15) is 0 Å². The number of para-hydroxylation sites is 1. The van der Waals surface area contributed by atoms with E-state index >= 15 is 0 Å². The van der Waals surface area contributed by atoms with Crippen LogP contribution in [-0.4, -0.2) is 31.9 Å². The first-order chi connectivity index (χ1) is 12.6. The zero-order valence-electron chi connectivity index (χ0n) is 13.3. The molecule has 8 heteroatoms. The van der Waals surface area contributed by atoms with Crippen molar-refractivity contribution in [1.29, 1.82) is 0 Å². The Morgan fingerprint density at radius 1 is 1.12 bits per heavy atom. The predicted octanol–water partition coefficient (Wildman–Crippen LogP) is 3.64. The van der Waals surface area contributed by atoms with Crippen LogP contribution in [0.1, 0.15) is 20.0 Å². The molecule has 0 aliphatic carbocycles. The first kappa shape index (κ1) is 16.0. The third kappa shape index (κ3) is 2.93. The van der Waals surface area contributed by atoms with E-state index in [9.17, 15) is 14.7 Å². The number of aromatic carboxylic acids is 1. The predicted molar refractivity (Wildman–Crippen MR) is 98.6 cm³/mol. The molecular formula is C18H12N4O3S. The number of hydrogen-bond acceptors (Lipinski definition) is 5. The lowest BCUT2D eigenvalue weighted by Crippen LogP contribution is -2.09. The maximum Gasteiger partial charge on any atom is 0.339 e. The van der Waals surface area contributed by atoms with Crippen molar-refractivity contribution >= 4 is 40.1 Å². The van der Waals surface area contributed by atoms with Crippen LogP contribution in [0.4, 0.5) is 5.69 Å². The van der Waals surface area contributed by atoms with Crippen LogP contribution in [0.15, 0.2) is 54.9 Å². The van der Waals surface area contributed by atoms with Gasteiger partial charge in [-0.3, -0.25) is 4.79 Å². The minimum Gasteiger partial charge on any atom is -0.478 e. The number of rotatable bonds is 4. The lowest BCUT2D eigenvalue weighted by atomic mass is 10.3. The molecular weight excluding hydrogens is 352 g/mol. The SMILES string of the molecule is O=C(Nc1ccccc1)c1ccc(-c2cnc3[nH]cc(C(=O)O)c3n2)s1. The number of hydrogen-bond donors (Lipinski definition) is 3. The molecule has 0 saturated carbocycles. The normalized spacial score (nSPS) is 10.8. The molecule has 0 unspecified atom stereocenters. The van der Waals surface area contributed by atoms with Crippen molar-refractivity contribution in [3.05, 3.63) is 65.3 Å². The van der Waals surface area contributed by atoms with Gasteiger partial charge in [0.25, 0.3) is 5.91 Å². The number of fused-ring (bicyclic) bond motifs is 1. The summed E-state index contributed by atoms with van der Waals surface area (Å²) in [4.78, 5) is 36.2. The number of carboxylic acids is 1. The van der Waals surface area contributed by atoms with Crippen LogP contribution in [0, 0.1) is 0 Å². The first-order valence-corrected chi connectivity index (χ1v) is 8.47. The van der Waals surface area contributed by atoms with Crippen LogP contribution in [-0.2, 0) is 0 Å². The number of thiophene rings is 1. The van der Waals surface area contributed by atoms with Crippen molar-refractivity contribution < 1.29 is 14.7 Å². The molecule has 0 bridgehead atoms. The number of amides is 1. The van der Waals surface area contributed by atoms with E-state index in [-0.39, 0.29) is 11.5 Å². The highest BCUT2D eigenvalue weighted by Gasteiger charge is 2.16. The molecule has 0 atom stereocenters. The van der Waals surface area contributed by atoms with Crippen molar-refractivity contribution in [3.8, 4) is 10.6 Å². The Morgan fingerprint density at radius 3 is 2.69 bits per heavy atom. The minimum atomic E-state index is -1.07. The molecule has 0 radical (unpaired) electrons. The van der Waals surface area contributed by atoms with Gasteiger partial charge in [0.05, 0.1) is 21.6 Å². The molecule has 26 heavy (non-hydrogen) atoms. The minimum absolute atomic E-state index is 0.0629. The maximum absolute atomic E-state index is 12.4. The van der Waals surface area contributed by atoms with Crippen molar-refractivity contribution in [2.24, 2.45) is 0 Å². The van der Waals surface area contributed by atoms with Crippen molar-refractivity contribution in [3.63, 3.8) is 0 Å². The number of aromatic amines is 1. The highest BCUT2D eigenvalue weighted by atomic mass is 32.1. The molecule has 3 heterocycles. The molecule has 0 aliphatic rings. The van der Waals surface area contributed by atoms with Crippen molar-refractivity contribution in [1.82, 2.24) is 15.0 Å². The number of H-pyrrole nitrogens is 1. The molecule has 3 aromatic heterocycles. The van der Waals surface area contributed by atoms with Crippen molar-refractivity contribution in [2.45, 2.75) is 0 Å². The fourth-order valence-corrected chi connectivity index (χ4v) is 3.34. The van der Waals surface area contributed by atoms with E-state index in [1.165, 1.54) is 17.5 Å². The first-order valence-electron chi connectivity index (χ1n) is 7.66. The summed E-state index contributed by atoms with van der Waals surface area (Å²) in [6, 6.07) is 12.7. The van der Waals surface area contributed by atoms with E-state index in [4.69, 9.17) is 0 Å². The van der Waals surface area contributed by atoms with Crippen LogP contribution >= 0.6 is 11.3 Å². The molecule has 1 aromatic carbocycles. The summed E-state index contributed by atoms with van der Waals surface area (Å²) >= 11 is 1.27. The van der Waals surface area contributed by atoms with Crippen LogP contribution in [0.5, 0.6) is 0 Å². The Kier molecular flexibility index (Phi) is 3.94. The molecule has 4 rings (SSSR count). The van der Waals surface area contributed by atoms with Gasteiger partial charge in [-0.25, -0.2) is 14.8 Å². The zero-order chi connectivity index (χ0) is 18.1. The number of anilines is 1.